The van der Waals surface area contributed by atoms with Crippen molar-refractivity contribution in [2.75, 3.05) is 17.7 Å². The van der Waals surface area contributed by atoms with E-state index in [1.54, 1.807) is 18.1 Å². The first-order chi connectivity index (χ1) is 10.8. The maximum absolute atomic E-state index is 5.31. The number of nitrogens with one attached hydrogen (secondary N) is 2. The molecule has 2 aromatic carbocycles. The molecule has 0 fully saturated rings. The number of fused-ring (bicyclic) bond motifs is 1. The highest BCUT2D eigenvalue weighted by Crippen LogP contribution is 2.15. The second kappa shape index (κ2) is 7.29. The van der Waals surface area contributed by atoms with Gasteiger partial charge in [-0.1, -0.05) is 30.3 Å². The van der Waals surface area contributed by atoms with Crippen molar-refractivity contribution in [1.82, 2.24) is 15.0 Å². The van der Waals surface area contributed by atoms with E-state index in [2.05, 4.69) is 27.9 Å². The van der Waals surface area contributed by atoms with Crippen LogP contribution in [0.5, 0.6) is 0 Å². The molecule has 0 aliphatic carbocycles. The summed E-state index contributed by atoms with van der Waals surface area (Å²) in [7, 11) is 0. The minimum absolute atomic E-state index is 0.594. The highest BCUT2D eigenvalue weighted by Gasteiger charge is 2.02. The summed E-state index contributed by atoms with van der Waals surface area (Å²) >= 11 is 7.12. The van der Waals surface area contributed by atoms with E-state index >= 15 is 0 Å². The summed E-state index contributed by atoms with van der Waals surface area (Å²) in [5.41, 5.74) is 5.08. The number of hydrogen-bond donors (Lipinski definition) is 2. The average Bonchev–Trinajstić information content (AvgIpc) is 2.96. The average molecular weight is 328 g/mol. The zero-order valence-corrected chi connectivity index (χ0v) is 13.5. The number of thiocarbonyl (C=S) groups is 1. The van der Waals surface area contributed by atoms with Crippen molar-refractivity contribution in [2.45, 2.75) is 4.90 Å². The summed E-state index contributed by atoms with van der Waals surface area (Å²) in [5, 5.41) is 3.80. The van der Waals surface area contributed by atoms with Gasteiger partial charge in [-0.25, -0.2) is 9.66 Å². The number of thioether (sulfide) groups is 1. The maximum atomic E-state index is 5.31. The van der Waals surface area contributed by atoms with Gasteiger partial charge in [0.1, 0.15) is 6.33 Å². The largest absolute Gasteiger partial charge is 0.360 e. The third kappa shape index (κ3) is 3.78. The number of imidazole rings is 1. The van der Waals surface area contributed by atoms with Crippen molar-refractivity contribution in [3.05, 3.63) is 60.9 Å². The molecule has 1 aromatic heterocycles. The van der Waals surface area contributed by atoms with Gasteiger partial charge in [-0.2, -0.15) is 0 Å². The molecule has 3 rings (SSSR count). The van der Waals surface area contributed by atoms with Gasteiger partial charge in [-0.05, 0) is 36.5 Å². The highest BCUT2D eigenvalue weighted by molar-refractivity contribution is 7.99. The molecule has 4 nitrogen and oxygen atoms in total. The Kier molecular flexibility index (Phi) is 4.92. The lowest BCUT2D eigenvalue weighted by Gasteiger charge is -2.11. The quantitative estimate of drug-likeness (QED) is 0.427. The van der Waals surface area contributed by atoms with E-state index in [0.29, 0.717) is 5.11 Å². The smallest absolute Gasteiger partial charge is 0.185 e. The molecule has 2 N–H and O–H groups in total. The van der Waals surface area contributed by atoms with E-state index in [-0.39, 0.29) is 0 Å². The van der Waals surface area contributed by atoms with Crippen molar-refractivity contribution < 1.29 is 0 Å². The van der Waals surface area contributed by atoms with Crippen molar-refractivity contribution in [1.29, 1.82) is 0 Å². The maximum Gasteiger partial charge on any atom is 0.185 e. The molecule has 0 aliphatic rings. The summed E-state index contributed by atoms with van der Waals surface area (Å²) < 4.78 is 1.83. The van der Waals surface area contributed by atoms with Gasteiger partial charge in [-0.3, -0.25) is 5.43 Å². The number of benzene rings is 2. The van der Waals surface area contributed by atoms with Crippen LogP contribution in [0.4, 0.5) is 0 Å². The minimum Gasteiger partial charge on any atom is -0.360 e. The molecule has 6 heteroatoms. The van der Waals surface area contributed by atoms with Crippen LogP contribution in [0.3, 0.4) is 0 Å². The van der Waals surface area contributed by atoms with Gasteiger partial charge in [0.2, 0.25) is 0 Å². The van der Waals surface area contributed by atoms with E-state index in [1.807, 2.05) is 47.1 Å². The van der Waals surface area contributed by atoms with E-state index in [1.165, 1.54) is 4.90 Å². The Labute approximate surface area is 138 Å². The van der Waals surface area contributed by atoms with Crippen LogP contribution in [0, 0.1) is 0 Å². The molecular formula is C16H16N4S2. The molecule has 0 spiro atoms. The van der Waals surface area contributed by atoms with Crippen LogP contribution < -0.4 is 10.7 Å². The van der Waals surface area contributed by atoms with Crippen LogP contribution in [-0.2, 0) is 0 Å². The summed E-state index contributed by atoms with van der Waals surface area (Å²) in [6.07, 6.45) is 1.73. The van der Waals surface area contributed by atoms with E-state index in [9.17, 15) is 0 Å². The number of aromatic nitrogens is 2. The molecule has 0 atom stereocenters. The van der Waals surface area contributed by atoms with Gasteiger partial charge in [0.05, 0.1) is 11.0 Å². The molecule has 0 bridgehead atoms. The van der Waals surface area contributed by atoms with Crippen LogP contribution in [0.2, 0.25) is 0 Å². The predicted octanol–water partition coefficient (Wildman–Crippen LogP) is 3.25. The fraction of sp³-hybridized carbons (Fsp3) is 0.125. The third-order valence-corrected chi connectivity index (χ3v) is 4.32. The standard InChI is InChI=1S/C16H16N4S2/c21-16(17-10-11-22-13-6-2-1-3-7-13)19-20-12-18-14-8-4-5-9-15(14)20/h1-9,12H,10-11H2,(H2,17,19,21). The molecule has 1 heterocycles. The van der Waals surface area contributed by atoms with Crippen molar-refractivity contribution in [3.8, 4) is 0 Å². The van der Waals surface area contributed by atoms with Crippen LogP contribution in [0.1, 0.15) is 0 Å². The fourth-order valence-corrected chi connectivity index (χ4v) is 3.04. The monoisotopic (exact) mass is 328 g/mol. The molecule has 0 amide bonds. The second-order valence-corrected chi connectivity index (χ2v) is 6.21. The Morgan fingerprint density at radius 3 is 2.73 bits per heavy atom. The Balaban J connectivity index is 1.47. The van der Waals surface area contributed by atoms with Gasteiger partial charge in [0.15, 0.2) is 5.11 Å². The van der Waals surface area contributed by atoms with Gasteiger partial charge in [-0.15, -0.1) is 11.8 Å². The first kappa shape index (κ1) is 14.9. The Morgan fingerprint density at radius 2 is 1.86 bits per heavy atom. The number of para-hydroxylation sites is 2. The van der Waals surface area contributed by atoms with Crippen LogP contribution >= 0.6 is 24.0 Å². The molecular weight excluding hydrogens is 312 g/mol. The molecule has 0 saturated heterocycles. The molecule has 22 heavy (non-hydrogen) atoms. The third-order valence-electron chi connectivity index (χ3n) is 3.08. The fourth-order valence-electron chi connectivity index (χ4n) is 2.05. The molecule has 3 aromatic rings. The molecule has 112 valence electrons. The molecule has 0 aliphatic heterocycles. The topological polar surface area (TPSA) is 41.9 Å². The number of nitrogens with zero attached hydrogens (tertiary/aromatic N) is 2. The van der Waals surface area contributed by atoms with E-state index in [0.717, 1.165) is 23.3 Å². The predicted molar refractivity (Wildman–Crippen MR) is 96.9 cm³/mol. The van der Waals surface area contributed by atoms with Gasteiger partial charge < -0.3 is 5.32 Å². The van der Waals surface area contributed by atoms with Gasteiger partial charge in [0, 0.05) is 17.2 Å². The zero-order chi connectivity index (χ0) is 15.2. The number of hydrogen-bond acceptors (Lipinski definition) is 3. The van der Waals surface area contributed by atoms with E-state index in [4.69, 9.17) is 12.2 Å². The van der Waals surface area contributed by atoms with Crippen molar-refractivity contribution in [2.24, 2.45) is 0 Å². The molecule has 0 radical (unpaired) electrons. The summed E-state index contributed by atoms with van der Waals surface area (Å²) in [4.78, 5) is 5.58. The second-order valence-electron chi connectivity index (χ2n) is 4.63. The summed E-state index contributed by atoms with van der Waals surface area (Å²) in [6, 6.07) is 18.3. The van der Waals surface area contributed by atoms with Crippen molar-refractivity contribution >= 4 is 40.1 Å². The lowest BCUT2D eigenvalue weighted by molar-refractivity contribution is 0.935. The zero-order valence-electron chi connectivity index (χ0n) is 11.9. The Morgan fingerprint density at radius 1 is 1.09 bits per heavy atom. The normalized spacial score (nSPS) is 10.5. The molecule has 0 saturated carbocycles. The van der Waals surface area contributed by atoms with Crippen LogP contribution in [-0.4, -0.2) is 27.1 Å². The van der Waals surface area contributed by atoms with Gasteiger partial charge >= 0.3 is 0 Å². The van der Waals surface area contributed by atoms with Crippen molar-refractivity contribution in [3.63, 3.8) is 0 Å². The Bertz CT molecular complexity index is 755. The number of rotatable bonds is 5. The minimum atomic E-state index is 0.594. The SMILES string of the molecule is S=C(NCCSc1ccccc1)Nn1cnc2ccccc21. The Hall–Kier alpha value is -2.05. The summed E-state index contributed by atoms with van der Waals surface area (Å²) in [6.45, 7) is 0.804. The molecule has 0 unspecified atom stereocenters. The van der Waals surface area contributed by atoms with Gasteiger partial charge in [0.25, 0.3) is 0 Å². The van der Waals surface area contributed by atoms with E-state index < -0.39 is 0 Å². The first-order valence-electron chi connectivity index (χ1n) is 6.98. The van der Waals surface area contributed by atoms with Crippen LogP contribution in [0.15, 0.2) is 65.8 Å². The first-order valence-corrected chi connectivity index (χ1v) is 8.37. The highest BCUT2D eigenvalue weighted by atomic mass is 32.2. The summed E-state index contributed by atoms with van der Waals surface area (Å²) in [5.74, 6) is 0.955. The lowest BCUT2D eigenvalue weighted by Crippen LogP contribution is -2.34. The van der Waals surface area contributed by atoms with Crippen LogP contribution in [0.25, 0.3) is 11.0 Å². The lowest BCUT2D eigenvalue weighted by atomic mass is 10.3.